The third-order valence-electron chi connectivity index (χ3n) is 2.68. The van der Waals surface area contributed by atoms with Crippen LogP contribution in [0.5, 0.6) is 0 Å². The van der Waals surface area contributed by atoms with Crippen molar-refractivity contribution < 1.29 is 14.7 Å². The summed E-state index contributed by atoms with van der Waals surface area (Å²) in [4.78, 5) is 22.7. The molecular formula is C14H19BrN2O3. The Morgan fingerprint density at radius 3 is 2.35 bits per heavy atom. The first-order valence-corrected chi connectivity index (χ1v) is 7.19. The average molecular weight is 343 g/mol. The van der Waals surface area contributed by atoms with E-state index >= 15 is 0 Å². The normalized spacial score (nSPS) is 12.0. The zero-order valence-corrected chi connectivity index (χ0v) is 13.1. The van der Waals surface area contributed by atoms with E-state index in [-0.39, 0.29) is 5.92 Å². The van der Waals surface area contributed by atoms with Gasteiger partial charge in [0.15, 0.2) is 0 Å². The van der Waals surface area contributed by atoms with E-state index in [1.807, 2.05) is 38.1 Å². The fourth-order valence-corrected chi connectivity index (χ4v) is 1.95. The van der Waals surface area contributed by atoms with Gasteiger partial charge < -0.3 is 15.7 Å². The molecule has 0 bridgehead atoms. The fourth-order valence-electron chi connectivity index (χ4n) is 1.69. The van der Waals surface area contributed by atoms with Crippen molar-refractivity contribution >= 4 is 27.9 Å². The summed E-state index contributed by atoms with van der Waals surface area (Å²) in [6.45, 7) is 4.18. The second kappa shape index (κ2) is 7.89. The summed E-state index contributed by atoms with van der Waals surface area (Å²) in [7, 11) is 0. The van der Waals surface area contributed by atoms with Crippen LogP contribution in [0.4, 0.5) is 4.79 Å². The van der Waals surface area contributed by atoms with E-state index in [2.05, 4.69) is 26.6 Å². The van der Waals surface area contributed by atoms with Crippen molar-refractivity contribution in [1.82, 2.24) is 10.6 Å². The number of halogens is 1. The highest BCUT2D eigenvalue weighted by Gasteiger charge is 2.20. The Morgan fingerprint density at radius 1 is 1.25 bits per heavy atom. The first-order valence-electron chi connectivity index (χ1n) is 6.40. The largest absolute Gasteiger partial charge is 0.480 e. The minimum atomic E-state index is -1.02. The van der Waals surface area contributed by atoms with E-state index < -0.39 is 18.0 Å². The van der Waals surface area contributed by atoms with Crippen LogP contribution in [0.15, 0.2) is 28.7 Å². The number of aliphatic carboxylic acids is 1. The first-order chi connectivity index (χ1) is 9.38. The van der Waals surface area contributed by atoms with Gasteiger partial charge in [-0.05, 0) is 30.0 Å². The molecular weight excluding hydrogens is 324 g/mol. The van der Waals surface area contributed by atoms with Crippen LogP contribution in [-0.4, -0.2) is 23.1 Å². The molecule has 0 unspecified atom stereocenters. The number of carbonyl (C=O) groups is 2. The SMILES string of the molecule is CC(C)C[C@H](NC(=O)NCc1ccc(Br)cc1)C(=O)O. The van der Waals surface area contributed by atoms with Gasteiger partial charge in [-0.2, -0.15) is 0 Å². The van der Waals surface area contributed by atoms with Gasteiger partial charge in [0.25, 0.3) is 0 Å². The van der Waals surface area contributed by atoms with Gasteiger partial charge in [0, 0.05) is 11.0 Å². The molecule has 0 heterocycles. The second-order valence-corrected chi connectivity index (χ2v) is 5.89. The molecule has 0 aromatic heterocycles. The number of amides is 2. The smallest absolute Gasteiger partial charge is 0.326 e. The predicted molar refractivity (Wildman–Crippen MR) is 80.4 cm³/mol. The van der Waals surface area contributed by atoms with Gasteiger partial charge in [0.1, 0.15) is 6.04 Å². The molecule has 0 aliphatic carbocycles. The molecule has 0 aliphatic heterocycles. The van der Waals surface area contributed by atoms with Crippen LogP contribution >= 0.6 is 15.9 Å². The number of nitrogens with one attached hydrogen (secondary N) is 2. The molecule has 5 nitrogen and oxygen atoms in total. The highest BCUT2D eigenvalue weighted by molar-refractivity contribution is 9.10. The number of benzene rings is 1. The molecule has 0 saturated heterocycles. The van der Waals surface area contributed by atoms with E-state index in [9.17, 15) is 9.59 Å². The molecule has 20 heavy (non-hydrogen) atoms. The topological polar surface area (TPSA) is 78.4 Å². The average Bonchev–Trinajstić information content (AvgIpc) is 2.36. The Labute approximate surface area is 126 Å². The number of urea groups is 1. The molecule has 1 aromatic carbocycles. The highest BCUT2D eigenvalue weighted by Crippen LogP contribution is 2.10. The standard InChI is InChI=1S/C14H19BrN2O3/c1-9(2)7-12(13(18)19)17-14(20)16-8-10-3-5-11(15)6-4-10/h3-6,9,12H,7-8H2,1-2H3,(H,18,19)(H2,16,17,20)/t12-/m0/s1. The molecule has 1 rings (SSSR count). The van der Waals surface area contributed by atoms with Crippen LogP contribution in [0.2, 0.25) is 0 Å². The van der Waals surface area contributed by atoms with Crippen LogP contribution in [0.1, 0.15) is 25.8 Å². The summed E-state index contributed by atoms with van der Waals surface area (Å²) in [5, 5.41) is 14.2. The molecule has 3 N–H and O–H groups in total. The molecule has 0 spiro atoms. The molecule has 2 amide bonds. The quantitative estimate of drug-likeness (QED) is 0.743. The summed E-state index contributed by atoms with van der Waals surface area (Å²) in [6, 6.07) is 6.20. The Kier molecular flexibility index (Phi) is 6.51. The number of carbonyl (C=O) groups excluding carboxylic acids is 1. The first kappa shape index (κ1) is 16.5. The van der Waals surface area contributed by atoms with Gasteiger partial charge in [-0.15, -0.1) is 0 Å². The van der Waals surface area contributed by atoms with Gasteiger partial charge in [0.05, 0.1) is 0 Å². The molecule has 1 atom stereocenters. The minimum Gasteiger partial charge on any atom is -0.480 e. The van der Waals surface area contributed by atoms with Gasteiger partial charge >= 0.3 is 12.0 Å². The van der Waals surface area contributed by atoms with Gasteiger partial charge in [-0.25, -0.2) is 9.59 Å². The molecule has 0 fully saturated rings. The van der Waals surface area contributed by atoms with E-state index in [1.165, 1.54) is 0 Å². The van der Waals surface area contributed by atoms with Crippen LogP contribution < -0.4 is 10.6 Å². The van der Waals surface area contributed by atoms with Crippen LogP contribution in [0.3, 0.4) is 0 Å². The summed E-state index contributed by atoms with van der Waals surface area (Å²) < 4.78 is 0.966. The molecule has 0 saturated carbocycles. The van der Waals surface area contributed by atoms with Crippen molar-refractivity contribution in [3.8, 4) is 0 Å². The van der Waals surface area contributed by atoms with E-state index in [0.717, 1.165) is 10.0 Å². The molecule has 0 aliphatic rings. The number of carboxylic acids is 1. The Balaban J connectivity index is 2.45. The summed E-state index contributed by atoms with van der Waals surface area (Å²) in [6.07, 6.45) is 0.404. The van der Waals surface area contributed by atoms with E-state index in [1.54, 1.807) is 0 Å². The minimum absolute atomic E-state index is 0.197. The maximum absolute atomic E-state index is 11.7. The second-order valence-electron chi connectivity index (χ2n) is 4.97. The van der Waals surface area contributed by atoms with Crippen molar-refractivity contribution in [2.45, 2.75) is 32.9 Å². The third kappa shape index (κ3) is 6.06. The zero-order chi connectivity index (χ0) is 15.1. The Bertz CT molecular complexity index is 460. The molecule has 110 valence electrons. The number of rotatable bonds is 6. The van der Waals surface area contributed by atoms with Gasteiger partial charge in [-0.3, -0.25) is 0 Å². The maximum Gasteiger partial charge on any atom is 0.326 e. The van der Waals surface area contributed by atoms with Gasteiger partial charge in [-0.1, -0.05) is 41.9 Å². The van der Waals surface area contributed by atoms with Crippen molar-refractivity contribution in [1.29, 1.82) is 0 Å². The number of hydrogen-bond acceptors (Lipinski definition) is 2. The maximum atomic E-state index is 11.7. The van der Waals surface area contributed by atoms with Crippen LogP contribution in [0, 0.1) is 5.92 Å². The van der Waals surface area contributed by atoms with E-state index in [4.69, 9.17) is 5.11 Å². The van der Waals surface area contributed by atoms with Crippen molar-refractivity contribution in [3.05, 3.63) is 34.3 Å². The fraction of sp³-hybridized carbons (Fsp3) is 0.429. The van der Waals surface area contributed by atoms with Crippen LogP contribution in [0.25, 0.3) is 0 Å². The lowest BCUT2D eigenvalue weighted by Gasteiger charge is -2.17. The van der Waals surface area contributed by atoms with Crippen molar-refractivity contribution in [2.75, 3.05) is 0 Å². The lowest BCUT2D eigenvalue weighted by atomic mass is 10.0. The molecule has 6 heteroatoms. The highest BCUT2D eigenvalue weighted by atomic mass is 79.9. The van der Waals surface area contributed by atoms with E-state index in [0.29, 0.717) is 13.0 Å². The Hall–Kier alpha value is -1.56. The predicted octanol–water partition coefficient (Wildman–Crippen LogP) is 2.75. The summed E-state index contributed by atoms with van der Waals surface area (Å²) >= 11 is 3.33. The van der Waals surface area contributed by atoms with Gasteiger partial charge in [0.2, 0.25) is 0 Å². The third-order valence-corrected chi connectivity index (χ3v) is 3.21. The van der Waals surface area contributed by atoms with Crippen molar-refractivity contribution in [2.24, 2.45) is 5.92 Å². The Morgan fingerprint density at radius 2 is 1.85 bits per heavy atom. The summed E-state index contributed by atoms with van der Waals surface area (Å²) in [5.41, 5.74) is 0.944. The number of carboxylic acid groups (broad SMARTS) is 1. The molecule has 0 radical (unpaired) electrons. The number of hydrogen-bond donors (Lipinski definition) is 3. The zero-order valence-electron chi connectivity index (χ0n) is 11.5. The summed E-state index contributed by atoms with van der Waals surface area (Å²) in [5.74, 6) is -0.819. The lowest BCUT2D eigenvalue weighted by Crippen LogP contribution is -2.46. The lowest BCUT2D eigenvalue weighted by molar-refractivity contribution is -0.139. The monoisotopic (exact) mass is 342 g/mol. The molecule has 1 aromatic rings. The van der Waals surface area contributed by atoms with Crippen LogP contribution in [-0.2, 0) is 11.3 Å². The van der Waals surface area contributed by atoms with Crippen molar-refractivity contribution in [3.63, 3.8) is 0 Å².